The lowest BCUT2D eigenvalue weighted by Gasteiger charge is -2.27. The van der Waals surface area contributed by atoms with Crippen molar-refractivity contribution >= 4 is 23.1 Å². The molecule has 1 N–H and O–H groups in total. The number of anilines is 1. The van der Waals surface area contributed by atoms with Crippen molar-refractivity contribution in [3.8, 4) is 22.1 Å². The van der Waals surface area contributed by atoms with Crippen LogP contribution >= 0.6 is 11.3 Å². The number of nitrogens with one attached hydrogen (secondary N) is 1. The first-order valence-corrected chi connectivity index (χ1v) is 11.2. The summed E-state index contributed by atoms with van der Waals surface area (Å²) >= 11 is 1.55. The fourth-order valence-corrected chi connectivity index (χ4v) is 4.18. The van der Waals surface area contributed by atoms with E-state index in [1.807, 2.05) is 29.6 Å². The van der Waals surface area contributed by atoms with Gasteiger partial charge >= 0.3 is 0 Å². The lowest BCUT2D eigenvalue weighted by atomic mass is 10.2. The van der Waals surface area contributed by atoms with E-state index in [1.54, 1.807) is 31.6 Å². The third-order valence-corrected chi connectivity index (χ3v) is 6.01. The molecule has 0 bridgehead atoms. The third kappa shape index (κ3) is 5.14. The molecule has 3 heterocycles. The van der Waals surface area contributed by atoms with E-state index in [1.165, 1.54) is 0 Å². The maximum atomic E-state index is 12.4. The van der Waals surface area contributed by atoms with Gasteiger partial charge in [0, 0.05) is 37.0 Å². The molecule has 4 rings (SSSR count). The molecule has 1 fully saturated rings. The number of hydrogen-bond acceptors (Lipinski definition) is 9. The molecule has 3 aromatic rings. The monoisotopic (exact) mass is 455 g/mol. The van der Waals surface area contributed by atoms with Crippen LogP contribution in [-0.2, 0) is 11.2 Å². The van der Waals surface area contributed by atoms with Crippen LogP contribution in [0.2, 0.25) is 0 Å². The van der Waals surface area contributed by atoms with E-state index >= 15 is 0 Å². The number of amides is 1. The summed E-state index contributed by atoms with van der Waals surface area (Å²) in [6.07, 6.45) is 0.620. The smallest absolute Gasteiger partial charge is 0.271 e. The molecule has 10 heteroatoms. The Balaban J connectivity index is 1.30. The van der Waals surface area contributed by atoms with Crippen LogP contribution in [0.4, 0.5) is 5.82 Å². The van der Waals surface area contributed by atoms with Gasteiger partial charge in [0.25, 0.3) is 5.91 Å². The number of methoxy groups -OCH3 is 2. The Labute approximate surface area is 190 Å². The van der Waals surface area contributed by atoms with Crippen molar-refractivity contribution in [2.45, 2.75) is 6.42 Å². The molecule has 1 amide bonds. The van der Waals surface area contributed by atoms with Gasteiger partial charge in [-0.15, -0.1) is 21.5 Å². The molecule has 9 nitrogen and oxygen atoms in total. The Morgan fingerprint density at radius 2 is 1.94 bits per heavy atom. The van der Waals surface area contributed by atoms with Crippen LogP contribution in [-0.4, -0.2) is 68.2 Å². The fraction of sp³-hybridized carbons (Fsp3) is 0.364. The third-order valence-electron chi connectivity index (χ3n) is 5.07. The van der Waals surface area contributed by atoms with Crippen molar-refractivity contribution < 1.29 is 19.0 Å². The maximum absolute atomic E-state index is 12.4. The summed E-state index contributed by atoms with van der Waals surface area (Å²) in [4.78, 5) is 19.2. The molecule has 0 spiro atoms. The molecule has 1 aliphatic rings. The number of benzene rings is 1. The van der Waals surface area contributed by atoms with E-state index in [2.05, 4.69) is 25.4 Å². The van der Waals surface area contributed by atoms with Crippen LogP contribution in [0, 0.1) is 0 Å². The summed E-state index contributed by atoms with van der Waals surface area (Å²) < 4.78 is 16.0. The number of carbonyl (C=O) groups is 1. The van der Waals surface area contributed by atoms with E-state index in [9.17, 15) is 4.79 Å². The van der Waals surface area contributed by atoms with Gasteiger partial charge in [-0.2, -0.15) is 0 Å². The van der Waals surface area contributed by atoms with Gasteiger partial charge in [0.1, 0.15) is 5.01 Å². The van der Waals surface area contributed by atoms with Crippen LogP contribution in [0.15, 0.2) is 35.7 Å². The number of ether oxygens (including phenoxy) is 3. The summed E-state index contributed by atoms with van der Waals surface area (Å²) in [6.45, 7) is 3.36. The zero-order valence-electron chi connectivity index (χ0n) is 18.0. The Kier molecular flexibility index (Phi) is 7.13. The molecule has 0 aliphatic carbocycles. The first-order chi connectivity index (χ1) is 15.7. The van der Waals surface area contributed by atoms with E-state index in [0.717, 1.165) is 35.2 Å². The molecule has 168 valence electrons. The largest absolute Gasteiger partial charge is 0.493 e. The standard InChI is InChI=1S/C22H25N5O4S/c1-29-18-5-3-15(13-19(18)30-2)22-24-16(14-32-22)7-8-23-21(28)17-4-6-20(26-25-17)27-9-11-31-12-10-27/h3-6,13-14H,7-12H2,1-2H3,(H,23,28). The second-order valence-electron chi connectivity index (χ2n) is 7.10. The highest BCUT2D eigenvalue weighted by molar-refractivity contribution is 7.13. The number of nitrogens with zero attached hydrogens (tertiary/aromatic N) is 4. The van der Waals surface area contributed by atoms with E-state index < -0.39 is 0 Å². The zero-order valence-corrected chi connectivity index (χ0v) is 18.9. The van der Waals surface area contributed by atoms with Gasteiger partial charge in [0.2, 0.25) is 0 Å². The maximum Gasteiger partial charge on any atom is 0.271 e. The van der Waals surface area contributed by atoms with Gasteiger partial charge in [-0.3, -0.25) is 4.79 Å². The molecule has 32 heavy (non-hydrogen) atoms. The van der Waals surface area contributed by atoms with Crippen molar-refractivity contribution in [2.24, 2.45) is 0 Å². The molecule has 1 aromatic carbocycles. The summed E-state index contributed by atoms with van der Waals surface area (Å²) in [5.74, 6) is 1.85. The second kappa shape index (κ2) is 10.4. The van der Waals surface area contributed by atoms with Gasteiger partial charge in [-0.25, -0.2) is 4.98 Å². The lowest BCUT2D eigenvalue weighted by Crippen LogP contribution is -2.37. The highest BCUT2D eigenvalue weighted by Crippen LogP contribution is 2.33. The molecular weight excluding hydrogens is 430 g/mol. The van der Waals surface area contributed by atoms with Crippen molar-refractivity contribution in [2.75, 3.05) is 52.0 Å². The quantitative estimate of drug-likeness (QED) is 0.553. The average Bonchev–Trinajstić information content (AvgIpc) is 3.33. The molecule has 1 aliphatic heterocycles. The van der Waals surface area contributed by atoms with E-state index in [0.29, 0.717) is 43.4 Å². The zero-order chi connectivity index (χ0) is 22.3. The molecular formula is C22H25N5O4S. The summed E-state index contributed by atoms with van der Waals surface area (Å²) in [5, 5.41) is 14.0. The number of carbonyl (C=O) groups excluding carboxylic acids is 1. The topological polar surface area (TPSA) is 98.7 Å². The van der Waals surface area contributed by atoms with Crippen LogP contribution < -0.4 is 19.7 Å². The van der Waals surface area contributed by atoms with Crippen LogP contribution in [0.1, 0.15) is 16.2 Å². The Bertz CT molecular complexity index is 1050. The number of morpholine rings is 1. The molecule has 0 unspecified atom stereocenters. The Morgan fingerprint density at radius 1 is 1.12 bits per heavy atom. The first-order valence-electron chi connectivity index (χ1n) is 10.3. The normalized spacial score (nSPS) is 13.6. The number of rotatable bonds is 8. The predicted molar refractivity (Wildman–Crippen MR) is 122 cm³/mol. The predicted octanol–water partition coefficient (Wildman–Crippen LogP) is 2.43. The van der Waals surface area contributed by atoms with Crippen LogP contribution in [0.25, 0.3) is 10.6 Å². The van der Waals surface area contributed by atoms with Crippen molar-refractivity contribution in [3.05, 3.63) is 47.1 Å². The van der Waals surface area contributed by atoms with Crippen molar-refractivity contribution in [1.82, 2.24) is 20.5 Å². The SMILES string of the molecule is COc1ccc(-c2nc(CCNC(=O)c3ccc(N4CCOCC4)nn3)cs2)cc1OC. The van der Waals surface area contributed by atoms with Gasteiger partial charge in [-0.1, -0.05) is 0 Å². The summed E-state index contributed by atoms with van der Waals surface area (Å²) in [5.41, 5.74) is 2.17. The molecule has 0 atom stereocenters. The molecule has 2 aromatic heterocycles. The fourth-order valence-electron chi connectivity index (χ4n) is 3.33. The van der Waals surface area contributed by atoms with Gasteiger partial charge < -0.3 is 24.4 Å². The Morgan fingerprint density at radius 3 is 2.66 bits per heavy atom. The molecule has 0 saturated carbocycles. The van der Waals surface area contributed by atoms with Crippen LogP contribution in [0.3, 0.4) is 0 Å². The average molecular weight is 456 g/mol. The van der Waals surface area contributed by atoms with Gasteiger partial charge in [0.05, 0.1) is 33.1 Å². The van der Waals surface area contributed by atoms with Gasteiger partial charge in [0.15, 0.2) is 23.0 Å². The highest BCUT2D eigenvalue weighted by atomic mass is 32.1. The Hall–Kier alpha value is -3.24. The number of aromatic nitrogens is 3. The van der Waals surface area contributed by atoms with E-state index in [-0.39, 0.29) is 5.91 Å². The van der Waals surface area contributed by atoms with Crippen molar-refractivity contribution in [1.29, 1.82) is 0 Å². The number of thiazole rings is 1. The molecule has 1 saturated heterocycles. The first kappa shape index (κ1) is 22.0. The minimum Gasteiger partial charge on any atom is -0.493 e. The summed E-state index contributed by atoms with van der Waals surface area (Å²) in [6, 6.07) is 9.24. The molecule has 0 radical (unpaired) electrons. The van der Waals surface area contributed by atoms with Gasteiger partial charge in [-0.05, 0) is 30.3 Å². The number of hydrogen-bond donors (Lipinski definition) is 1. The lowest BCUT2D eigenvalue weighted by molar-refractivity contribution is 0.0948. The highest BCUT2D eigenvalue weighted by Gasteiger charge is 2.15. The summed E-state index contributed by atoms with van der Waals surface area (Å²) in [7, 11) is 3.22. The van der Waals surface area contributed by atoms with Crippen LogP contribution in [0.5, 0.6) is 11.5 Å². The van der Waals surface area contributed by atoms with E-state index in [4.69, 9.17) is 14.2 Å². The minimum absolute atomic E-state index is 0.249. The second-order valence-corrected chi connectivity index (χ2v) is 7.95. The minimum atomic E-state index is -0.249. The van der Waals surface area contributed by atoms with Crippen molar-refractivity contribution in [3.63, 3.8) is 0 Å².